The second-order valence-electron chi connectivity index (χ2n) is 1.57. The highest BCUT2D eigenvalue weighted by Crippen LogP contribution is 2.29. The predicted molar refractivity (Wildman–Crippen MR) is 54.0 cm³/mol. The molecular formula is C5H2Br2INO. The van der Waals surface area contributed by atoms with Gasteiger partial charge in [-0.1, -0.05) is 0 Å². The third kappa shape index (κ3) is 1.82. The van der Waals surface area contributed by atoms with E-state index in [-0.39, 0.29) is 5.75 Å². The lowest BCUT2D eigenvalue weighted by Gasteiger charge is -1.98. The molecule has 0 bridgehead atoms. The Kier molecular flexibility index (Phi) is 2.93. The van der Waals surface area contributed by atoms with Gasteiger partial charge in [0.1, 0.15) is 9.21 Å². The summed E-state index contributed by atoms with van der Waals surface area (Å²) in [4.78, 5) is 3.91. The number of hydrogen-bond acceptors (Lipinski definition) is 2. The average molecular weight is 379 g/mol. The van der Waals surface area contributed by atoms with Crippen molar-refractivity contribution in [2.75, 3.05) is 0 Å². The molecule has 0 aliphatic rings. The topological polar surface area (TPSA) is 33.1 Å². The van der Waals surface area contributed by atoms with Crippen LogP contribution >= 0.6 is 54.5 Å². The van der Waals surface area contributed by atoms with Gasteiger partial charge in [-0.2, -0.15) is 0 Å². The van der Waals surface area contributed by atoms with Crippen LogP contribution in [0.4, 0.5) is 0 Å². The number of rotatable bonds is 0. The Balaban J connectivity index is 3.31. The highest BCUT2D eigenvalue weighted by molar-refractivity contribution is 14.1. The van der Waals surface area contributed by atoms with Crippen LogP contribution in [0.15, 0.2) is 15.3 Å². The van der Waals surface area contributed by atoms with Gasteiger partial charge < -0.3 is 5.11 Å². The molecule has 1 heterocycles. The monoisotopic (exact) mass is 377 g/mol. The molecule has 1 aromatic rings. The Bertz CT molecular complexity index is 243. The predicted octanol–water partition coefficient (Wildman–Crippen LogP) is 2.92. The van der Waals surface area contributed by atoms with E-state index in [0.717, 1.165) is 3.57 Å². The van der Waals surface area contributed by atoms with E-state index in [1.54, 1.807) is 6.07 Å². The lowest BCUT2D eigenvalue weighted by molar-refractivity contribution is 0.464. The number of aromatic hydroxyl groups is 1. The molecule has 1 rings (SSSR count). The van der Waals surface area contributed by atoms with E-state index in [1.807, 2.05) is 22.6 Å². The van der Waals surface area contributed by atoms with Gasteiger partial charge in [-0.15, -0.1) is 0 Å². The van der Waals surface area contributed by atoms with Crippen LogP contribution < -0.4 is 0 Å². The van der Waals surface area contributed by atoms with Crippen LogP contribution in [0.2, 0.25) is 0 Å². The summed E-state index contributed by atoms with van der Waals surface area (Å²) in [7, 11) is 0. The van der Waals surface area contributed by atoms with E-state index in [0.29, 0.717) is 9.21 Å². The van der Waals surface area contributed by atoms with Crippen molar-refractivity contribution in [3.8, 4) is 5.75 Å². The molecule has 10 heavy (non-hydrogen) atoms. The second kappa shape index (κ2) is 3.36. The molecule has 5 heteroatoms. The smallest absolute Gasteiger partial charge is 0.161 e. The van der Waals surface area contributed by atoms with Crippen LogP contribution in [-0.4, -0.2) is 10.1 Å². The minimum atomic E-state index is 0.184. The lowest BCUT2D eigenvalue weighted by atomic mass is 10.5. The number of nitrogens with zero attached hydrogens (tertiary/aromatic N) is 1. The van der Waals surface area contributed by atoms with Crippen LogP contribution in [0.5, 0.6) is 5.75 Å². The summed E-state index contributed by atoms with van der Waals surface area (Å²) in [6.07, 6.45) is 0. The third-order valence-corrected chi connectivity index (χ3v) is 2.65. The minimum Gasteiger partial charge on any atom is -0.504 e. The number of hydrogen-bond donors (Lipinski definition) is 1. The SMILES string of the molecule is Oc1c(I)cc(Br)nc1Br. The van der Waals surface area contributed by atoms with Crippen molar-refractivity contribution < 1.29 is 5.11 Å². The normalized spacial score (nSPS) is 9.90. The van der Waals surface area contributed by atoms with E-state index in [1.165, 1.54) is 0 Å². The van der Waals surface area contributed by atoms with Gasteiger partial charge in [-0.05, 0) is 60.5 Å². The molecule has 0 saturated carbocycles. The van der Waals surface area contributed by atoms with Gasteiger partial charge in [0.15, 0.2) is 5.75 Å². The maximum Gasteiger partial charge on any atom is 0.161 e. The molecule has 0 atom stereocenters. The number of halogens is 3. The highest BCUT2D eigenvalue weighted by Gasteiger charge is 2.04. The van der Waals surface area contributed by atoms with Crippen LogP contribution in [0, 0.1) is 3.57 Å². The standard InChI is InChI=1S/C5H2Br2INO/c6-3-1-2(8)4(10)5(7)9-3/h1,10H. The zero-order valence-electron chi connectivity index (χ0n) is 4.61. The van der Waals surface area contributed by atoms with Crippen molar-refractivity contribution in [1.82, 2.24) is 4.98 Å². The van der Waals surface area contributed by atoms with Crippen LogP contribution in [0.3, 0.4) is 0 Å². The van der Waals surface area contributed by atoms with Crippen molar-refractivity contribution in [2.45, 2.75) is 0 Å². The van der Waals surface area contributed by atoms with Crippen molar-refractivity contribution in [3.63, 3.8) is 0 Å². The molecule has 0 amide bonds. The molecule has 54 valence electrons. The largest absolute Gasteiger partial charge is 0.504 e. The molecule has 1 aromatic heterocycles. The first-order chi connectivity index (χ1) is 4.61. The summed E-state index contributed by atoms with van der Waals surface area (Å²) in [6, 6.07) is 1.74. The summed E-state index contributed by atoms with van der Waals surface area (Å²) >= 11 is 8.32. The molecule has 1 N–H and O–H groups in total. The first-order valence-corrected chi connectivity index (χ1v) is 4.98. The van der Waals surface area contributed by atoms with Crippen LogP contribution in [0.1, 0.15) is 0 Å². The Hall–Kier alpha value is 0.640. The molecule has 0 aliphatic carbocycles. The maximum absolute atomic E-state index is 9.19. The zero-order valence-corrected chi connectivity index (χ0v) is 9.94. The first kappa shape index (κ1) is 8.73. The quantitative estimate of drug-likeness (QED) is 0.556. The highest BCUT2D eigenvalue weighted by atomic mass is 127. The molecule has 0 unspecified atom stereocenters. The summed E-state index contributed by atoms with van der Waals surface area (Å²) < 4.78 is 1.94. The summed E-state index contributed by atoms with van der Waals surface area (Å²) in [5, 5.41) is 9.19. The molecule has 2 nitrogen and oxygen atoms in total. The lowest BCUT2D eigenvalue weighted by Crippen LogP contribution is -1.81. The van der Waals surface area contributed by atoms with Gasteiger partial charge in [0.05, 0.1) is 3.57 Å². The van der Waals surface area contributed by atoms with Crippen molar-refractivity contribution >= 4 is 54.5 Å². The van der Waals surface area contributed by atoms with Gasteiger partial charge in [0.2, 0.25) is 0 Å². The van der Waals surface area contributed by atoms with E-state index >= 15 is 0 Å². The molecule has 0 aliphatic heterocycles. The minimum absolute atomic E-state index is 0.184. The van der Waals surface area contributed by atoms with Gasteiger partial charge >= 0.3 is 0 Å². The maximum atomic E-state index is 9.19. The molecular weight excluding hydrogens is 377 g/mol. The average Bonchev–Trinajstić information content (AvgIpc) is 1.82. The second-order valence-corrected chi connectivity index (χ2v) is 4.29. The summed E-state index contributed by atoms with van der Waals surface area (Å²) in [5.74, 6) is 0.184. The Morgan fingerprint density at radius 2 is 2.10 bits per heavy atom. The van der Waals surface area contributed by atoms with Crippen molar-refractivity contribution in [3.05, 3.63) is 18.8 Å². The molecule has 0 fully saturated rings. The molecule has 0 radical (unpaired) electrons. The molecule has 0 spiro atoms. The Morgan fingerprint density at radius 1 is 1.50 bits per heavy atom. The Labute approximate surface area is 88.4 Å². The van der Waals surface area contributed by atoms with E-state index in [2.05, 4.69) is 36.8 Å². The van der Waals surface area contributed by atoms with Crippen LogP contribution in [-0.2, 0) is 0 Å². The van der Waals surface area contributed by atoms with Gasteiger partial charge in [-0.3, -0.25) is 0 Å². The Morgan fingerprint density at radius 3 is 2.60 bits per heavy atom. The summed E-state index contributed by atoms with van der Waals surface area (Å²) in [5.41, 5.74) is 0. The zero-order chi connectivity index (χ0) is 7.72. The van der Waals surface area contributed by atoms with E-state index in [4.69, 9.17) is 0 Å². The fourth-order valence-corrected chi connectivity index (χ4v) is 2.85. The van der Waals surface area contributed by atoms with Gasteiger partial charge in [0.25, 0.3) is 0 Å². The van der Waals surface area contributed by atoms with Gasteiger partial charge in [0, 0.05) is 0 Å². The fraction of sp³-hybridized carbons (Fsp3) is 0. The van der Waals surface area contributed by atoms with E-state index < -0.39 is 0 Å². The van der Waals surface area contributed by atoms with Crippen molar-refractivity contribution in [1.29, 1.82) is 0 Å². The number of pyridine rings is 1. The first-order valence-electron chi connectivity index (χ1n) is 2.32. The fourth-order valence-electron chi connectivity index (χ4n) is 0.450. The summed E-state index contributed by atoms with van der Waals surface area (Å²) in [6.45, 7) is 0. The third-order valence-electron chi connectivity index (χ3n) is 0.872. The van der Waals surface area contributed by atoms with Crippen molar-refractivity contribution in [2.24, 2.45) is 0 Å². The van der Waals surface area contributed by atoms with E-state index in [9.17, 15) is 5.11 Å². The van der Waals surface area contributed by atoms with Gasteiger partial charge in [-0.25, -0.2) is 4.98 Å². The molecule has 0 aromatic carbocycles. The van der Waals surface area contributed by atoms with Crippen LogP contribution in [0.25, 0.3) is 0 Å². The number of aromatic nitrogens is 1. The molecule has 0 saturated heterocycles.